The lowest BCUT2D eigenvalue weighted by atomic mass is 10.1. The first kappa shape index (κ1) is 11.3. The summed E-state index contributed by atoms with van der Waals surface area (Å²) in [5.74, 6) is 0. The summed E-state index contributed by atoms with van der Waals surface area (Å²) in [6, 6.07) is 0. The molecule has 0 aliphatic carbocycles. The summed E-state index contributed by atoms with van der Waals surface area (Å²) in [6.07, 6.45) is -0.469. The van der Waals surface area contributed by atoms with E-state index in [2.05, 4.69) is 6.58 Å². The summed E-state index contributed by atoms with van der Waals surface area (Å²) in [6.45, 7) is 3.38. The molecule has 0 unspecified atom stereocenters. The lowest BCUT2D eigenvalue weighted by Gasteiger charge is -2.22. The highest BCUT2D eigenvalue weighted by molar-refractivity contribution is 5.57. The highest BCUT2D eigenvalue weighted by Crippen LogP contribution is 2.06. The van der Waals surface area contributed by atoms with Crippen LogP contribution in [-0.2, 0) is 14.3 Å². The Morgan fingerprint density at radius 3 is 2.25 bits per heavy atom. The zero-order valence-corrected chi connectivity index (χ0v) is 7.27. The average molecular weight is 174 g/mol. The smallest absolute Gasteiger partial charge is 0.151 e. The Bertz CT molecular complexity index is 146. The fourth-order valence-electron chi connectivity index (χ4n) is 0.869. The van der Waals surface area contributed by atoms with E-state index in [4.69, 9.17) is 9.47 Å². The Labute approximate surface area is 71.8 Å². The van der Waals surface area contributed by atoms with Gasteiger partial charge in [-0.1, -0.05) is 6.08 Å². The number of carbonyl (C=O) groups excluding carboxylic acids is 1. The summed E-state index contributed by atoms with van der Waals surface area (Å²) in [7, 11) is 2.77. The molecule has 0 aliphatic heterocycles. The molecule has 0 radical (unpaired) electrons. The number of aldehydes is 1. The number of aliphatic hydroxyl groups is 1. The maximum Gasteiger partial charge on any atom is 0.151 e. The van der Waals surface area contributed by atoms with E-state index in [1.165, 1.54) is 20.3 Å². The van der Waals surface area contributed by atoms with Crippen molar-refractivity contribution in [2.75, 3.05) is 14.2 Å². The van der Waals surface area contributed by atoms with Crippen molar-refractivity contribution in [2.45, 2.75) is 18.3 Å². The molecule has 0 aromatic rings. The molecule has 0 saturated heterocycles. The van der Waals surface area contributed by atoms with E-state index in [9.17, 15) is 9.90 Å². The number of hydrogen-bond acceptors (Lipinski definition) is 4. The molecule has 4 heteroatoms. The maximum atomic E-state index is 10.4. The molecule has 1 N–H and O–H groups in total. The molecule has 0 heterocycles. The van der Waals surface area contributed by atoms with Crippen molar-refractivity contribution >= 4 is 6.29 Å². The third-order valence-corrected chi connectivity index (χ3v) is 1.58. The molecule has 0 saturated carbocycles. The topological polar surface area (TPSA) is 55.8 Å². The third kappa shape index (κ3) is 2.73. The van der Waals surface area contributed by atoms with Crippen molar-refractivity contribution in [1.82, 2.24) is 0 Å². The van der Waals surface area contributed by atoms with E-state index < -0.39 is 18.3 Å². The van der Waals surface area contributed by atoms with Gasteiger partial charge in [-0.15, -0.1) is 6.58 Å². The van der Waals surface area contributed by atoms with Crippen molar-refractivity contribution in [3.8, 4) is 0 Å². The summed E-state index contributed by atoms with van der Waals surface area (Å²) >= 11 is 0. The quantitative estimate of drug-likeness (QED) is 0.446. The molecule has 0 bridgehead atoms. The molecule has 0 fully saturated rings. The van der Waals surface area contributed by atoms with Gasteiger partial charge < -0.3 is 19.4 Å². The van der Waals surface area contributed by atoms with Crippen molar-refractivity contribution in [3.63, 3.8) is 0 Å². The first-order valence-corrected chi connectivity index (χ1v) is 3.52. The van der Waals surface area contributed by atoms with E-state index in [0.29, 0.717) is 6.29 Å². The summed E-state index contributed by atoms with van der Waals surface area (Å²) < 4.78 is 9.64. The molecular formula is C8H14O4. The first-order chi connectivity index (χ1) is 5.71. The van der Waals surface area contributed by atoms with E-state index in [-0.39, 0.29) is 0 Å². The van der Waals surface area contributed by atoms with Crippen LogP contribution in [0.25, 0.3) is 0 Å². The minimum Gasteiger partial charge on any atom is -0.386 e. The van der Waals surface area contributed by atoms with E-state index in [1.54, 1.807) is 0 Å². The predicted octanol–water partition coefficient (Wildman–Crippen LogP) is -0.238. The van der Waals surface area contributed by atoms with E-state index in [1.807, 2.05) is 0 Å². The Morgan fingerprint density at radius 1 is 1.42 bits per heavy atom. The van der Waals surface area contributed by atoms with Gasteiger partial charge in [0.2, 0.25) is 0 Å². The van der Waals surface area contributed by atoms with Crippen LogP contribution in [0.15, 0.2) is 12.7 Å². The highest BCUT2D eigenvalue weighted by Gasteiger charge is 2.25. The van der Waals surface area contributed by atoms with Crippen molar-refractivity contribution in [3.05, 3.63) is 12.7 Å². The summed E-state index contributed by atoms with van der Waals surface area (Å²) in [5, 5.41) is 9.27. The number of ether oxygens (including phenoxy) is 2. The number of aliphatic hydroxyl groups excluding tert-OH is 1. The zero-order valence-electron chi connectivity index (χ0n) is 7.27. The third-order valence-electron chi connectivity index (χ3n) is 1.58. The minimum atomic E-state index is -0.898. The van der Waals surface area contributed by atoms with Crippen LogP contribution in [0.5, 0.6) is 0 Å². The Hall–Kier alpha value is -0.710. The fourth-order valence-corrected chi connectivity index (χ4v) is 0.869. The van der Waals surface area contributed by atoms with Gasteiger partial charge in [0.15, 0.2) is 6.29 Å². The van der Waals surface area contributed by atoms with Gasteiger partial charge in [0.1, 0.15) is 18.3 Å². The molecule has 0 amide bonds. The van der Waals surface area contributed by atoms with Crippen LogP contribution in [0.2, 0.25) is 0 Å². The number of carbonyl (C=O) groups is 1. The number of methoxy groups -OCH3 is 2. The van der Waals surface area contributed by atoms with Crippen molar-refractivity contribution in [1.29, 1.82) is 0 Å². The molecular weight excluding hydrogens is 160 g/mol. The second-order valence-electron chi connectivity index (χ2n) is 2.26. The van der Waals surface area contributed by atoms with Crippen LogP contribution in [0.1, 0.15) is 0 Å². The molecule has 4 nitrogen and oxygen atoms in total. The molecule has 0 spiro atoms. The fraction of sp³-hybridized carbons (Fsp3) is 0.625. The van der Waals surface area contributed by atoms with Crippen LogP contribution < -0.4 is 0 Å². The van der Waals surface area contributed by atoms with Gasteiger partial charge in [0.25, 0.3) is 0 Å². The summed E-state index contributed by atoms with van der Waals surface area (Å²) in [4.78, 5) is 10.4. The minimum absolute atomic E-state index is 0.584. The SMILES string of the molecule is C=C[C@@H](O)[C@H](OC)[C@H](C=O)OC. The summed E-state index contributed by atoms with van der Waals surface area (Å²) in [5.41, 5.74) is 0. The lowest BCUT2D eigenvalue weighted by Crippen LogP contribution is -2.40. The molecule has 3 atom stereocenters. The maximum absolute atomic E-state index is 10.4. The van der Waals surface area contributed by atoms with Crippen molar-refractivity contribution in [2.24, 2.45) is 0 Å². The normalized spacial score (nSPS) is 17.9. The van der Waals surface area contributed by atoms with Crippen LogP contribution in [-0.4, -0.2) is 43.9 Å². The molecule has 0 rings (SSSR count). The van der Waals surface area contributed by atoms with Crippen LogP contribution in [0.4, 0.5) is 0 Å². The van der Waals surface area contributed by atoms with Gasteiger partial charge in [0, 0.05) is 14.2 Å². The van der Waals surface area contributed by atoms with Gasteiger partial charge in [0.05, 0.1) is 0 Å². The van der Waals surface area contributed by atoms with E-state index >= 15 is 0 Å². The monoisotopic (exact) mass is 174 g/mol. The Morgan fingerprint density at radius 2 is 2.00 bits per heavy atom. The highest BCUT2D eigenvalue weighted by atomic mass is 16.5. The largest absolute Gasteiger partial charge is 0.386 e. The average Bonchev–Trinajstić information content (AvgIpc) is 2.12. The van der Waals surface area contributed by atoms with Crippen LogP contribution >= 0.6 is 0 Å². The number of hydrogen-bond donors (Lipinski definition) is 1. The predicted molar refractivity (Wildman–Crippen MR) is 43.9 cm³/mol. The van der Waals surface area contributed by atoms with Gasteiger partial charge in [-0.05, 0) is 0 Å². The van der Waals surface area contributed by atoms with E-state index in [0.717, 1.165) is 0 Å². The van der Waals surface area contributed by atoms with Crippen LogP contribution in [0, 0.1) is 0 Å². The zero-order chi connectivity index (χ0) is 9.56. The molecule has 0 aromatic heterocycles. The molecule has 0 aliphatic rings. The number of rotatable bonds is 6. The van der Waals surface area contributed by atoms with Gasteiger partial charge in [-0.25, -0.2) is 0 Å². The second-order valence-corrected chi connectivity index (χ2v) is 2.26. The molecule has 12 heavy (non-hydrogen) atoms. The first-order valence-electron chi connectivity index (χ1n) is 3.52. The van der Waals surface area contributed by atoms with Crippen molar-refractivity contribution < 1.29 is 19.4 Å². The Balaban J connectivity index is 4.28. The van der Waals surface area contributed by atoms with Gasteiger partial charge in [-0.3, -0.25) is 0 Å². The molecule has 0 aromatic carbocycles. The van der Waals surface area contributed by atoms with Gasteiger partial charge >= 0.3 is 0 Å². The second kappa shape index (κ2) is 5.88. The van der Waals surface area contributed by atoms with Gasteiger partial charge in [-0.2, -0.15) is 0 Å². The standard InChI is InChI=1S/C8H14O4/c1-4-6(10)8(12-3)7(5-9)11-2/h4-8,10H,1H2,2-3H3/t6-,7+,8+/m1/s1. The lowest BCUT2D eigenvalue weighted by molar-refractivity contribution is -0.130. The Kier molecular flexibility index (Phi) is 5.53. The molecule has 70 valence electrons. The van der Waals surface area contributed by atoms with Crippen LogP contribution in [0.3, 0.4) is 0 Å².